The fourth-order valence-corrected chi connectivity index (χ4v) is 7.49. The highest BCUT2D eigenvalue weighted by atomic mass is 16.5. The number of ether oxygens (including phenoxy) is 1. The Labute approximate surface area is 414 Å². The number of methoxy groups -OCH3 is 1. The monoisotopic (exact) mass is 999 g/mol. The van der Waals surface area contributed by atoms with Gasteiger partial charge < -0.3 is 68.7 Å². The molecule has 0 unspecified atom stereocenters. The topological polar surface area (TPSA) is 372 Å². The molecular formula is C48H74N10O13. The molecule has 7 amide bonds. The Morgan fingerprint density at radius 3 is 1.96 bits per heavy atom. The predicted molar refractivity (Wildman–Crippen MR) is 261 cm³/mol. The van der Waals surface area contributed by atoms with Gasteiger partial charge >= 0.3 is 11.9 Å². The average Bonchev–Trinajstić information content (AvgIpc) is 3.30. The van der Waals surface area contributed by atoms with Crippen molar-refractivity contribution in [3.05, 3.63) is 59.7 Å². The quantitative estimate of drug-likeness (QED) is 0.0414. The van der Waals surface area contributed by atoms with Crippen LogP contribution < -0.4 is 48.7 Å². The number of amides is 7. The molecule has 2 rings (SSSR count). The number of hydrogen-bond acceptors (Lipinski definition) is 12. The molecule has 23 nitrogen and oxygen atoms in total. The summed E-state index contributed by atoms with van der Waals surface area (Å²) in [6.07, 6.45) is 4.43. The van der Waals surface area contributed by atoms with Crippen molar-refractivity contribution in [3.63, 3.8) is 0 Å². The number of nitrogens with two attached hydrogens (primary N) is 2. The first kappa shape index (κ1) is 60.2. The molecule has 0 aliphatic carbocycles. The summed E-state index contributed by atoms with van der Waals surface area (Å²) in [4.78, 5) is 125. The molecule has 394 valence electrons. The number of carboxylic acid groups (broad SMARTS) is 2. The van der Waals surface area contributed by atoms with E-state index in [-0.39, 0.29) is 49.7 Å². The molecule has 0 aromatic heterocycles. The van der Waals surface area contributed by atoms with Crippen molar-refractivity contribution in [2.75, 3.05) is 20.3 Å². The van der Waals surface area contributed by atoms with E-state index in [1.54, 1.807) is 34.0 Å². The lowest BCUT2D eigenvalue weighted by molar-refractivity contribution is -0.146. The molecule has 1 fully saturated rings. The van der Waals surface area contributed by atoms with E-state index in [1.807, 2.05) is 43.3 Å². The number of carbonyl (C=O) groups excluding carboxylic acids is 7. The minimum absolute atomic E-state index is 0.0163. The normalized spacial score (nSPS) is 26.2. The van der Waals surface area contributed by atoms with Crippen LogP contribution in [0.3, 0.4) is 0 Å². The molecule has 14 N–H and O–H groups in total. The lowest BCUT2D eigenvalue weighted by atomic mass is 9.94. The summed E-state index contributed by atoms with van der Waals surface area (Å²) in [6, 6.07) is -0.796. The first-order chi connectivity index (χ1) is 33.4. The summed E-state index contributed by atoms with van der Waals surface area (Å²) in [6.45, 7) is 10.2. The number of nitrogens with one attached hydrogen (secondary N) is 7. The van der Waals surface area contributed by atoms with E-state index in [0.29, 0.717) is 12.0 Å². The van der Waals surface area contributed by atoms with Crippen LogP contribution in [0.25, 0.3) is 0 Å². The summed E-state index contributed by atoms with van der Waals surface area (Å²) in [5.74, 6) is -13.0. The van der Waals surface area contributed by atoms with Crippen molar-refractivity contribution in [1.82, 2.24) is 37.2 Å². The Kier molecular flexibility index (Phi) is 25.4. The SMILES string of the molecule is CO[C@@H](Cc1ccccc1)[C@@H](C)/C=C(C)/C=C/[C@@H]1NC(=O)[C@H](CCCN=C(N)N)NC(=O)[C@@H](C)[C@H](C(=O)O)NC(=O)[C@H](CC(C)C)NC(=O)[C@@H](C)NC(=O)[C@H](CO)NC(=O)CC[C@H](C(=O)O)NC(=O)[C@H]1C. The standard InChI is InChI=1S/C48H74N10O13/c1-25(2)21-35-44(65)58-39(47(69)70)29(6)41(62)55-33(15-12-20-51-48(49)50)43(64)54-32(17-16-26(3)22-27(4)37(71-8)23-31-13-10-9-11-14-31)28(5)40(61)56-34(46(67)68)18-19-38(60)53-36(24-59)45(66)52-30(7)42(63)57-35/h9-11,13-14,16-17,22,25,27-30,32-37,39,59H,12,15,18-21,23-24H2,1-8H3,(H,52,66)(H,53,60)(H,54,64)(H,55,62)(H,56,61)(H,57,63)(H,58,65)(H,67,68)(H,69,70)(H4,49,50,51)/b17-16+,26-22+/t27-,28-,29-,30+,32-,33-,34+,35-,36-,37-,39+/m0/s1. The maximum atomic E-state index is 14.4. The molecule has 0 radical (unpaired) electrons. The fraction of sp³-hybridized carbons (Fsp3) is 0.583. The van der Waals surface area contributed by atoms with Crippen LogP contribution in [0.15, 0.2) is 59.1 Å². The molecule has 0 spiro atoms. The van der Waals surface area contributed by atoms with E-state index in [1.165, 1.54) is 26.8 Å². The molecular weight excluding hydrogens is 925 g/mol. The summed E-state index contributed by atoms with van der Waals surface area (Å²) >= 11 is 0. The molecule has 1 aromatic carbocycles. The number of benzene rings is 1. The Balaban J connectivity index is 2.72. The van der Waals surface area contributed by atoms with E-state index in [2.05, 4.69) is 42.2 Å². The minimum Gasteiger partial charge on any atom is -0.480 e. The van der Waals surface area contributed by atoms with E-state index in [9.17, 15) is 58.5 Å². The molecule has 11 atom stereocenters. The third-order valence-corrected chi connectivity index (χ3v) is 11.8. The molecule has 1 aromatic rings. The highest BCUT2D eigenvalue weighted by Crippen LogP contribution is 2.19. The van der Waals surface area contributed by atoms with Crippen molar-refractivity contribution >= 4 is 59.2 Å². The van der Waals surface area contributed by atoms with Crippen LogP contribution in [0.5, 0.6) is 0 Å². The summed E-state index contributed by atoms with van der Waals surface area (Å²) < 4.78 is 5.80. The number of aliphatic hydroxyl groups excluding tert-OH is 1. The largest absolute Gasteiger partial charge is 0.480 e. The van der Waals surface area contributed by atoms with Gasteiger partial charge in [-0.05, 0) is 57.4 Å². The van der Waals surface area contributed by atoms with Crippen LogP contribution in [0.4, 0.5) is 0 Å². The van der Waals surface area contributed by atoms with Gasteiger partial charge in [-0.15, -0.1) is 0 Å². The van der Waals surface area contributed by atoms with Gasteiger partial charge in [-0.2, -0.15) is 0 Å². The van der Waals surface area contributed by atoms with Crippen LogP contribution in [-0.4, -0.2) is 143 Å². The van der Waals surface area contributed by atoms with Gasteiger partial charge in [-0.25, -0.2) is 9.59 Å². The zero-order chi connectivity index (χ0) is 53.5. The van der Waals surface area contributed by atoms with Gasteiger partial charge in [0.1, 0.15) is 36.3 Å². The van der Waals surface area contributed by atoms with Crippen molar-refractivity contribution < 1.29 is 63.2 Å². The number of carbonyl (C=O) groups is 9. The van der Waals surface area contributed by atoms with Gasteiger partial charge in [-0.1, -0.05) is 88.8 Å². The van der Waals surface area contributed by atoms with Crippen molar-refractivity contribution in [1.29, 1.82) is 0 Å². The number of rotatable bonds is 16. The Morgan fingerprint density at radius 2 is 1.38 bits per heavy atom. The predicted octanol–water partition coefficient (Wildman–Crippen LogP) is -0.877. The van der Waals surface area contributed by atoms with E-state index in [4.69, 9.17) is 16.2 Å². The van der Waals surface area contributed by atoms with E-state index < -0.39 is 127 Å². The zero-order valence-electron chi connectivity index (χ0n) is 41.7. The fourth-order valence-electron chi connectivity index (χ4n) is 7.49. The van der Waals surface area contributed by atoms with Crippen LogP contribution in [0, 0.1) is 23.7 Å². The number of aliphatic hydroxyl groups is 1. The second kappa shape index (κ2) is 30.0. The number of guanidine groups is 1. The van der Waals surface area contributed by atoms with Crippen LogP contribution in [0.1, 0.15) is 86.1 Å². The van der Waals surface area contributed by atoms with Gasteiger partial charge in [0.05, 0.1) is 30.6 Å². The summed E-state index contributed by atoms with van der Waals surface area (Å²) in [7, 11) is 1.60. The van der Waals surface area contributed by atoms with Crippen molar-refractivity contribution in [2.45, 2.75) is 135 Å². The van der Waals surface area contributed by atoms with Crippen LogP contribution in [0.2, 0.25) is 0 Å². The van der Waals surface area contributed by atoms with Gasteiger partial charge in [0, 0.05) is 26.0 Å². The average molecular weight is 999 g/mol. The second-order valence-electron chi connectivity index (χ2n) is 18.2. The maximum Gasteiger partial charge on any atom is 0.327 e. The highest BCUT2D eigenvalue weighted by molar-refractivity contribution is 5.97. The maximum absolute atomic E-state index is 14.4. The Morgan fingerprint density at radius 1 is 0.775 bits per heavy atom. The van der Waals surface area contributed by atoms with Gasteiger partial charge in [-0.3, -0.25) is 38.6 Å². The molecule has 0 saturated carbocycles. The molecule has 0 bridgehead atoms. The lowest BCUT2D eigenvalue weighted by Crippen LogP contribution is -2.59. The number of aliphatic imine (C=N–C) groups is 1. The third kappa shape index (κ3) is 20.9. The Hall–Kier alpha value is -6.88. The Bertz CT molecular complexity index is 2100. The summed E-state index contributed by atoms with van der Waals surface area (Å²) in [5, 5.41) is 47.5. The smallest absolute Gasteiger partial charge is 0.327 e. The molecule has 1 aliphatic heterocycles. The highest BCUT2D eigenvalue weighted by Gasteiger charge is 2.37. The lowest BCUT2D eigenvalue weighted by Gasteiger charge is -2.28. The number of allylic oxidation sites excluding steroid dienone is 2. The zero-order valence-corrected chi connectivity index (χ0v) is 41.7. The van der Waals surface area contributed by atoms with E-state index in [0.717, 1.165) is 5.56 Å². The van der Waals surface area contributed by atoms with Crippen molar-refractivity contribution in [3.8, 4) is 0 Å². The van der Waals surface area contributed by atoms with Crippen molar-refractivity contribution in [2.24, 2.45) is 40.1 Å². The molecule has 1 aliphatic rings. The van der Waals surface area contributed by atoms with Gasteiger partial charge in [0.2, 0.25) is 41.4 Å². The number of aliphatic carboxylic acids is 2. The number of hydrogen-bond donors (Lipinski definition) is 12. The first-order valence-electron chi connectivity index (χ1n) is 23.6. The van der Waals surface area contributed by atoms with Gasteiger partial charge in [0.15, 0.2) is 5.96 Å². The summed E-state index contributed by atoms with van der Waals surface area (Å²) in [5.41, 5.74) is 12.8. The number of carboxylic acids is 2. The molecule has 23 heteroatoms. The third-order valence-electron chi connectivity index (χ3n) is 11.8. The molecule has 1 heterocycles. The van der Waals surface area contributed by atoms with E-state index >= 15 is 0 Å². The molecule has 71 heavy (non-hydrogen) atoms. The second-order valence-corrected chi connectivity index (χ2v) is 18.2. The first-order valence-corrected chi connectivity index (χ1v) is 23.6. The van der Waals surface area contributed by atoms with Crippen LogP contribution in [-0.2, 0) is 54.3 Å². The molecule has 1 saturated heterocycles. The minimum atomic E-state index is -1.90. The van der Waals surface area contributed by atoms with Gasteiger partial charge in [0.25, 0.3) is 0 Å². The number of nitrogens with zero attached hydrogens (tertiary/aromatic N) is 1. The van der Waals surface area contributed by atoms with Crippen LogP contribution >= 0.6 is 0 Å².